The molecule has 0 aliphatic heterocycles. The van der Waals surface area contributed by atoms with Gasteiger partial charge in [-0.1, -0.05) is 53.3 Å². The normalized spacial score (nSPS) is 10.5. The van der Waals surface area contributed by atoms with Crippen LogP contribution in [0.2, 0.25) is 5.02 Å². The molecular weight excluding hydrogens is 330 g/mol. The summed E-state index contributed by atoms with van der Waals surface area (Å²) in [4.78, 5) is 14.5. The van der Waals surface area contributed by atoms with Gasteiger partial charge in [0.15, 0.2) is 0 Å². The Morgan fingerprint density at radius 1 is 1.09 bits per heavy atom. The van der Waals surface area contributed by atoms with E-state index in [4.69, 9.17) is 11.6 Å². The number of carbonyl (C=O) groups is 1. The third-order valence-corrected chi connectivity index (χ3v) is 4.38. The van der Waals surface area contributed by atoms with Crippen LogP contribution in [0.25, 0.3) is 0 Å². The van der Waals surface area contributed by atoms with E-state index in [-0.39, 0.29) is 5.91 Å². The summed E-state index contributed by atoms with van der Waals surface area (Å²) in [5, 5.41) is 10.2. The largest absolute Gasteiger partial charge is 0.278 e. The minimum absolute atomic E-state index is 0.100. The molecule has 1 amide bonds. The number of anilines is 1. The summed E-state index contributed by atoms with van der Waals surface area (Å²) in [7, 11) is 0. The smallest absolute Gasteiger partial charge is 0.260 e. The maximum absolute atomic E-state index is 12.9. The number of halogens is 1. The lowest BCUT2D eigenvalue weighted by Gasteiger charge is -2.19. The number of aromatic nitrogens is 2. The average Bonchev–Trinajstić information content (AvgIpc) is 3.01. The lowest BCUT2D eigenvalue weighted by Crippen LogP contribution is -2.30. The first-order valence-electron chi connectivity index (χ1n) is 7.05. The first kappa shape index (κ1) is 15.6. The van der Waals surface area contributed by atoms with Crippen molar-refractivity contribution >= 4 is 34.0 Å². The molecule has 0 atom stereocenters. The third kappa shape index (κ3) is 3.75. The molecule has 2 aromatic carbocycles. The molecule has 0 aliphatic carbocycles. The van der Waals surface area contributed by atoms with E-state index in [2.05, 4.69) is 10.2 Å². The van der Waals surface area contributed by atoms with Crippen molar-refractivity contribution in [3.63, 3.8) is 0 Å². The molecule has 0 spiro atoms. The highest BCUT2D eigenvalue weighted by Crippen LogP contribution is 2.24. The number of aryl methyl sites for hydroxylation is 1. The van der Waals surface area contributed by atoms with Crippen molar-refractivity contribution in [2.45, 2.75) is 13.5 Å². The van der Waals surface area contributed by atoms with Crippen molar-refractivity contribution < 1.29 is 4.79 Å². The van der Waals surface area contributed by atoms with E-state index in [1.165, 1.54) is 11.3 Å². The molecule has 3 aromatic rings. The minimum atomic E-state index is -0.100. The molecule has 0 radical (unpaired) electrons. The SMILES string of the molecule is Cc1nnc(N(Cc2ccc(Cl)cc2)C(=O)c2ccccc2)s1. The van der Waals surface area contributed by atoms with Crippen molar-refractivity contribution in [2.75, 3.05) is 4.90 Å². The second-order valence-corrected chi connectivity index (χ2v) is 6.58. The number of hydrogen-bond donors (Lipinski definition) is 0. The first-order valence-corrected chi connectivity index (χ1v) is 8.24. The molecule has 0 fully saturated rings. The summed E-state index contributed by atoms with van der Waals surface area (Å²) >= 11 is 7.32. The van der Waals surface area contributed by atoms with Gasteiger partial charge in [-0.3, -0.25) is 9.69 Å². The number of carbonyl (C=O) groups excluding carboxylic acids is 1. The number of benzene rings is 2. The van der Waals surface area contributed by atoms with E-state index in [9.17, 15) is 4.79 Å². The fraction of sp³-hybridized carbons (Fsp3) is 0.118. The third-order valence-electron chi connectivity index (χ3n) is 3.27. The van der Waals surface area contributed by atoms with Crippen LogP contribution < -0.4 is 4.90 Å². The second-order valence-electron chi connectivity index (χ2n) is 4.99. The minimum Gasteiger partial charge on any atom is -0.278 e. The van der Waals surface area contributed by atoms with E-state index in [0.717, 1.165) is 10.6 Å². The Bertz CT molecular complexity index is 802. The molecule has 1 aromatic heterocycles. The van der Waals surface area contributed by atoms with Crippen LogP contribution in [0.3, 0.4) is 0 Å². The zero-order chi connectivity index (χ0) is 16.2. The highest BCUT2D eigenvalue weighted by Gasteiger charge is 2.21. The Hall–Kier alpha value is -2.24. The molecule has 0 unspecified atom stereocenters. The molecule has 0 aliphatic rings. The van der Waals surface area contributed by atoms with Crippen molar-refractivity contribution in [1.29, 1.82) is 0 Å². The standard InChI is InChI=1S/C17H14ClN3OS/c1-12-19-20-17(23-12)21(11-13-7-9-15(18)10-8-13)16(22)14-5-3-2-4-6-14/h2-10H,11H2,1H3. The Morgan fingerprint density at radius 2 is 1.78 bits per heavy atom. The molecule has 3 rings (SSSR count). The summed E-state index contributed by atoms with van der Waals surface area (Å²) < 4.78 is 0. The van der Waals surface area contributed by atoms with Crippen LogP contribution in [0.5, 0.6) is 0 Å². The summed E-state index contributed by atoms with van der Waals surface area (Å²) in [6.45, 7) is 2.29. The van der Waals surface area contributed by atoms with E-state index in [1.54, 1.807) is 17.0 Å². The Morgan fingerprint density at radius 3 is 2.39 bits per heavy atom. The van der Waals surface area contributed by atoms with Crippen molar-refractivity contribution in [3.8, 4) is 0 Å². The molecule has 0 bridgehead atoms. The van der Waals surface area contributed by atoms with Crippen LogP contribution in [-0.4, -0.2) is 16.1 Å². The van der Waals surface area contributed by atoms with Crippen LogP contribution >= 0.6 is 22.9 Å². The second kappa shape index (κ2) is 6.89. The van der Waals surface area contributed by atoms with E-state index >= 15 is 0 Å². The monoisotopic (exact) mass is 343 g/mol. The highest BCUT2D eigenvalue weighted by atomic mass is 35.5. The van der Waals surface area contributed by atoms with Gasteiger partial charge in [0.05, 0.1) is 6.54 Å². The van der Waals surface area contributed by atoms with Gasteiger partial charge in [-0.15, -0.1) is 10.2 Å². The van der Waals surface area contributed by atoms with Gasteiger partial charge in [-0.25, -0.2) is 0 Å². The number of amides is 1. The molecule has 23 heavy (non-hydrogen) atoms. The van der Waals surface area contributed by atoms with Gasteiger partial charge in [0.1, 0.15) is 5.01 Å². The maximum Gasteiger partial charge on any atom is 0.260 e. The van der Waals surface area contributed by atoms with Gasteiger partial charge in [0.25, 0.3) is 5.91 Å². The maximum atomic E-state index is 12.9. The quantitative estimate of drug-likeness (QED) is 0.707. The lowest BCUT2D eigenvalue weighted by molar-refractivity contribution is 0.0985. The highest BCUT2D eigenvalue weighted by molar-refractivity contribution is 7.15. The molecule has 0 N–H and O–H groups in total. The molecule has 4 nitrogen and oxygen atoms in total. The number of nitrogens with zero attached hydrogens (tertiary/aromatic N) is 3. The summed E-state index contributed by atoms with van der Waals surface area (Å²) in [5.74, 6) is -0.100. The molecule has 6 heteroatoms. The molecule has 116 valence electrons. The fourth-order valence-electron chi connectivity index (χ4n) is 2.13. The zero-order valence-corrected chi connectivity index (χ0v) is 14.0. The van der Waals surface area contributed by atoms with Gasteiger partial charge in [-0.05, 0) is 36.8 Å². The van der Waals surface area contributed by atoms with Gasteiger partial charge in [-0.2, -0.15) is 0 Å². The first-order chi connectivity index (χ1) is 11.1. The molecular formula is C17H14ClN3OS. The van der Waals surface area contributed by atoms with Gasteiger partial charge < -0.3 is 0 Å². The van der Waals surface area contributed by atoms with Crippen LogP contribution in [-0.2, 0) is 6.54 Å². The van der Waals surface area contributed by atoms with Crippen LogP contribution in [0, 0.1) is 6.92 Å². The number of hydrogen-bond acceptors (Lipinski definition) is 4. The summed E-state index contributed by atoms with van der Waals surface area (Å²) in [6, 6.07) is 16.6. The predicted octanol–water partition coefficient (Wildman–Crippen LogP) is 4.35. The van der Waals surface area contributed by atoms with Crippen LogP contribution in [0.4, 0.5) is 5.13 Å². The molecule has 0 saturated carbocycles. The topological polar surface area (TPSA) is 46.1 Å². The fourth-order valence-corrected chi connectivity index (χ4v) is 2.94. The lowest BCUT2D eigenvalue weighted by atomic mass is 10.1. The van der Waals surface area contributed by atoms with Crippen LogP contribution in [0.15, 0.2) is 54.6 Å². The molecule has 1 heterocycles. The van der Waals surface area contributed by atoms with E-state index in [0.29, 0.717) is 22.3 Å². The van der Waals surface area contributed by atoms with Crippen molar-refractivity contribution in [3.05, 3.63) is 75.8 Å². The Labute approximate surface area is 143 Å². The van der Waals surface area contributed by atoms with Gasteiger partial charge >= 0.3 is 0 Å². The summed E-state index contributed by atoms with van der Waals surface area (Å²) in [5.41, 5.74) is 1.60. The van der Waals surface area contributed by atoms with Crippen molar-refractivity contribution in [1.82, 2.24) is 10.2 Å². The van der Waals surface area contributed by atoms with Crippen LogP contribution in [0.1, 0.15) is 20.9 Å². The van der Waals surface area contributed by atoms with E-state index in [1.807, 2.05) is 49.4 Å². The van der Waals surface area contributed by atoms with Gasteiger partial charge in [0, 0.05) is 10.6 Å². The summed E-state index contributed by atoms with van der Waals surface area (Å²) in [6.07, 6.45) is 0. The van der Waals surface area contributed by atoms with Gasteiger partial charge in [0.2, 0.25) is 5.13 Å². The molecule has 0 saturated heterocycles. The zero-order valence-electron chi connectivity index (χ0n) is 12.4. The van der Waals surface area contributed by atoms with Crippen molar-refractivity contribution in [2.24, 2.45) is 0 Å². The average molecular weight is 344 g/mol. The predicted molar refractivity (Wildman–Crippen MR) is 93.1 cm³/mol. The Balaban J connectivity index is 1.93. The Kier molecular flexibility index (Phi) is 4.69. The van der Waals surface area contributed by atoms with E-state index < -0.39 is 0 Å². The number of rotatable bonds is 4.